The van der Waals surface area contributed by atoms with Gasteiger partial charge in [-0.3, -0.25) is 0 Å². The minimum absolute atomic E-state index is 0.366. The molecular weight excluding hydrogens is 142 g/mol. The smallest absolute Gasteiger partial charge is 0.352 e. The lowest BCUT2D eigenvalue weighted by molar-refractivity contribution is 0.0685. The first-order valence-corrected chi connectivity index (χ1v) is 3.55. The predicted octanol–water partition coefficient (Wildman–Crippen LogP) is 1.51. The Morgan fingerprint density at radius 2 is 2.36 bits per heavy atom. The predicted molar refractivity (Wildman–Crippen MR) is 41.8 cm³/mol. The van der Waals surface area contributed by atoms with Crippen molar-refractivity contribution < 1.29 is 9.90 Å². The number of carbonyl (C=O) groups is 1. The molecule has 11 heavy (non-hydrogen) atoms. The zero-order valence-corrected chi connectivity index (χ0v) is 6.66. The summed E-state index contributed by atoms with van der Waals surface area (Å²) in [5, 5.41) is 8.69. The molecule has 0 amide bonds. The fourth-order valence-electron chi connectivity index (χ4n) is 1.10. The van der Waals surface area contributed by atoms with Crippen molar-refractivity contribution in [3.8, 4) is 0 Å². The molecule has 60 valence electrons. The molecule has 0 spiro atoms. The Balaban J connectivity index is 3.12. The number of aromatic nitrogens is 1. The fraction of sp³-hybridized carbons (Fsp3) is 0.375. The van der Waals surface area contributed by atoms with E-state index in [0.717, 1.165) is 5.56 Å². The number of aryl methyl sites for hydroxylation is 2. The van der Waals surface area contributed by atoms with Crippen molar-refractivity contribution in [3.05, 3.63) is 23.5 Å². The van der Waals surface area contributed by atoms with Gasteiger partial charge in [0.1, 0.15) is 5.69 Å². The first kappa shape index (κ1) is 7.85. The van der Waals surface area contributed by atoms with Crippen LogP contribution < -0.4 is 0 Å². The standard InChI is InChI=1S/C8H11NO2/c1-3-9-5-6(2)4-7(9)8(10)11/h4-5H,3H2,1-2H3,(H,10,11). The van der Waals surface area contributed by atoms with E-state index in [1.165, 1.54) is 0 Å². The van der Waals surface area contributed by atoms with Crippen LogP contribution in [0.2, 0.25) is 0 Å². The van der Waals surface area contributed by atoms with Crippen LogP contribution in [-0.4, -0.2) is 15.6 Å². The SMILES string of the molecule is CCn1cc(C)cc1C(=O)O. The molecule has 1 heterocycles. The summed E-state index contributed by atoms with van der Waals surface area (Å²) < 4.78 is 1.72. The number of carboxylic acids is 1. The van der Waals surface area contributed by atoms with Crippen molar-refractivity contribution in [1.82, 2.24) is 4.57 Å². The van der Waals surface area contributed by atoms with Crippen LogP contribution in [0.3, 0.4) is 0 Å². The van der Waals surface area contributed by atoms with Crippen LogP contribution in [-0.2, 0) is 6.54 Å². The molecule has 1 rings (SSSR count). The topological polar surface area (TPSA) is 42.2 Å². The summed E-state index contributed by atoms with van der Waals surface area (Å²) >= 11 is 0. The highest BCUT2D eigenvalue weighted by atomic mass is 16.4. The fourth-order valence-corrected chi connectivity index (χ4v) is 1.10. The molecule has 0 fully saturated rings. The van der Waals surface area contributed by atoms with Gasteiger partial charge in [0.05, 0.1) is 0 Å². The van der Waals surface area contributed by atoms with Crippen molar-refractivity contribution in [3.63, 3.8) is 0 Å². The molecule has 0 saturated heterocycles. The third-order valence-electron chi connectivity index (χ3n) is 1.59. The number of hydrogen-bond acceptors (Lipinski definition) is 1. The largest absolute Gasteiger partial charge is 0.477 e. The van der Waals surface area contributed by atoms with E-state index in [2.05, 4.69) is 0 Å². The van der Waals surface area contributed by atoms with Crippen LogP contribution in [0.4, 0.5) is 0 Å². The number of rotatable bonds is 2. The quantitative estimate of drug-likeness (QED) is 0.699. The van der Waals surface area contributed by atoms with Gasteiger partial charge in [0, 0.05) is 12.7 Å². The number of aromatic carboxylic acids is 1. The normalized spacial score (nSPS) is 10.0. The molecule has 0 unspecified atom stereocenters. The summed E-state index contributed by atoms with van der Waals surface area (Å²) in [6, 6.07) is 1.67. The van der Waals surface area contributed by atoms with Gasteiger partial charge in [0.2, 0.25) is 0 Å². The van der Waals surface area contributed by atoms with E-state index in [1.807, 2.05) is 20.0 Å². The summed E-state index contributed by atoms with van der Waals surface area (Å²) in [7, 11) is 0. The van der Waals surface area contributed by atoms with E-state index in [1.54, 1.807) is 10.6 Å². The maximum Gasteiger partial charge on any atom is 0.352 e. The summed E-state index contributed by atoms with van der Waals surface area (Å²) in [5.41, 5.74) is 1.36. The Labute approximate surface area is 65.3 Å². The lowest BCUT2D eigenvalue weighted by Crippen LogP contribution is -2.05. The van der Waals surface area contributed by atoms with Crippen LogP contribution in [0, 0.1) is 6.92 Å². The molecule has 1 aromatic rings. The van der Waals surface area contributed by atoms with Crippen LogP contribution >= 0.6 is 0 Å². The van der Waals surface area contributed by atoms with Gasteiger partial charge in [-0.25, -0.2) is 4.79 Å². The maximum absolute atomic E-state index is 10.6. The highest BCUT2D eigenvalue weighted by Gasteiger charge is 2.08. The van der Waals surface area contributed by atoms with Gasteiger partial charge >= 0.3 is 5.97 Å². The third-order valence-corrected chi connectivity index (χ3v) is 1.59. The summed E-state index contributed by atoms with van der Waals surface area (Å²) in [6.45, 7) is 4.51. The molecule has 0 aliphatic rings. The molecule has 0 atom stereocenters. The number of carboxylic acid groups (broad SMARTS) is 1. The van der Waals surface area contributed by atoms with Crippen LogP contribution in [0.15, 0.2) is 12.3 Å². The van der Waals surface area contributed by atoms with E-state index in [4.69, 9.17) is 5.11 Å². The highest BCUT2D eigenvalue weighted by molar-refractivity contribution is 5.86. The third kappa shape index (κ3) is 1.42. The maximum atomic E-state index is 10.6. The minimum atomic E-state index is -0.861. The van der Waals surface area contributed by atoms with Gasteiger partial charge in [-0.2, -0.15) is 0 Å². The van der Waals surface area contributed by atoms with Gasteiger partial charge in [0.25, 0.3) is 0 Å². The minimum Gasteiger partial charge on any atom is -0.477 e. The van der Waals surface area contributed by atoms with Crippen molar-refractivity contribution in [1.29, 1.82) is 0 Å². The second-order valence-electron chi connectivity index (χ2n) is 2.49. The molecule has 3 heteroatoms. The first-order chi connectivity index (χ1) is 5.15. The van der Waals surface area contributed by atoms with E-state index < -0.39 is 5.97 Å². The first-order valence-electron chi connectivity index (χ1n) is 3.55. The van der Waals surface area contributed by atoms with Crippen LogP contribution in [0.5, 0.6) is 0 Å². The van der Waals surface area contributed by atoms with Crippen LogP contribution in [0.1, 0.15) is 23.0 Å². The highest BCUT2D eigenvalue weighted by Crippen LogP contribution is 2.06. The molecule has 0 aliphatic carbocycles. The number of nitrogens with zero attached hydrogens (tertiary/aromatic N) is 1. The Kier molecular flexibility index (Phi) is 1.98. The molecule has 1 N–H and O–H groups in total. The average Bonchev–Trinajstić information content (AvgIpc) is 2.30. The van der Waals surface area contributed by atoms with Gasteiger partial charge in [0.15, 0.2) is 0 Å². The monoisotopic (exact) mass is 153 g/mol. The Bertz CT molecular complexity index is 276. The zero-order valence-electron chi connectivity index (χ0n) is 6.66. The molecule has 0 bridgehead atoms. The van der Waals surface area contributed by atoms with Gasteiger partial charge in [-0.15, -0.1) is 0 Å². The summed E-state index contributed by atoms with van der Waals surface area (Å²) in [5.74, 6) is -0.861. The Morgan fingerprint density at radius 1 is 1.73 bits per heavy atom. The molecule has 0 aromatic carbocycles. The molecule has 1 aromatic heterocycles. The summed E-state index contributed by atoms with van der Waals surface area (Å²) in [4.78, 5) is 10.6. The van der Waals surface area contributed by atoms with E-state index in [-0.39, 0.29) is 0 Å². The Hall–Kier alpha value is -1.25. The van der Waals surface area contributed by atoms with Crippen molar-refractivity contribution in [2.75, 3.05) is 0 Å². The second-order valence-corrected chi connectivity index (χ2v) is 2.49. The average molecular weight is 153 g/mol. The van der Waals surface area contributed by atoms with Gasteiger partial charge < -0.3 is 9.67 Å². The number of hydrogen-bond donors (Lipinski definition) is 1. The van der Waals surface area contributed by atoms with E-state index in [0.29, 0.717) is 12.2 Å². The van der Waals surface area contributed by atoms with Gasteiger partial charge in [-0.1, -0.05) is 0 Å². The van der Waals surface area contributed by atoms with Crippen molar-refractivity contribution in [2.45, 2.75) is 20.4 Å². The molecule has 0 aliphatic heterocycles. The molecule has 0 radical (unpaired) electrons. The second kappa shape index (κ2) is 2.78. The van der Waals surface area contributed by atoms with Crippen molar-refractivity contribution in [2.24, 2.45) is 0 Å². The van der Waals surface area contributed by atoms with Crippen molar-refractivity contribution >= 4 is 5.97 Å². The molecular formula is C8H11NO2. The van der Waals surface area contributed by atoms with E-state index in [9.17, 15) is 4.79 Å². The molecule has 3 nitrogen and oxygen atoms in total. The lowest BCUT2D eigenvalue weighted by atomic mass is 10.3. The zero-order chi connectivity index (χ0) is 8.43. The van der Waals surface area contributed by atoms with Gasteiger partial charge in [-0.05, 0) is 25.5 Å². The lowest BCUT2D eigenvalue weighted by Gasteiger charge is -1.99. The van der Waals surface area contributed by atoms with E-state index >= 15 is 0 Å². The van der Waals surface area contributed by atoms with Crippen LogP contribution in [0.25, 0.3) is 0 Å². The molecule has 0 saturated carbocycles. The Morgan fingerprint density at radius 3 is 2.73 bits per heavy atom. The summed E-state index contributed by atoms with van der Waals surface area (Å²) in [6.07, 6.45) is 1.84.